The summed E-state index contributed by atoms with van der Waals surface area (Å²) in [7, 11) is 1.56. The fraction of sp³-hybridized carbons (Fsp3) is 0.917. The van der Waals surface area contributed by atoms with E-state index in [-0.39, 0.29) is 12.5 Å². The van der Waals surface area contributed by atoms with Gasteiger partial charge in [0.25, 0.3) is 5.91 Å². The first-order valence-electron chi connectivity index (χ1n) is 6.31. The maximum Gasteiger partial charge on any atom is 0.253 e. The normalized spacial score (nSPS) is 31.2. The Kier molecular flexibility index (Phi) is 3.82. The molecule has 1 heterocycles. The van der Waals surface area contributed by atoms with Crippen LogP contribution in [0.25, 0.3) is 0 Å². The number of carbonyl (C=O) groups excluding carboxylic acids is 1. The molecule has 2 aliphatic rings. The van der Waals surface area contributed by atoms with E-state index in [1.807, 2.05) is 4.90 Å². The number of likely N-dealkylation sites (tertiary alicyclic amines) is 1. The van der Waals surface area contributed by atoms with Gasteiger partial charge in [-0.3, -0.25) is 4.79 Å². The summed E-state index contributed by atoms with van der Waals surface area (Å²) in [4.78, 5) is 14.3. The second-order valence-corrected chi connectivity index (χ2v) is 4.89. The Bertz CT molecular complexity index is 253. The standard InChI is InChI=1S/C12H22N2O2/c1-16-11(8-13)12(15)14-7-3-5-9-4-2-6-10(9)14/h9-11H,2-8,13H2,1H3. The third-order valence-electron chi connectivity index (χ3n) is 4.05. The SMILES string of the molecule is COC(CN)C(=O)N1CCCC2CCCC21. The number of nitrogens with zero attached hydrogens (tertiary/aromatic N) is 1. The molecule has 1 saturated carbocycles. The summed E-state index contributed by atoms with van der Waals surface area (Å²) in [6, 6.07) is 0.463. The van der Waals surface area contributed by atoms with Crippen LogP contribution in [0.4, 0.5) is 0 Å². The molecule has 2 fully saturated rings. The lowest BCUT2D eigenvalue weighted by atomic mass is 9.91. The van der Waals surface area contributed by atoms with E-state index in [0.29, 0.717) is 6.04 Å². The smallest absolute Gasteiger partial charge is 0.253 e. The van der Waals surface area contributed by atoms with Crippen LogP contribution in [0.1, 0.15) is 32.1 Å². The maximum absolute atomic E-state index is 12.2. The molecule has 0 aromatic rings. The highest BCUT2D eigenvalue weighted by Crippen LogP contribution is 2.36. The molecule has 1 aliphatic carbocycles. The van der Waals surface area contributed by atoms with Crippen LogP contribution in [-0.2, 0) is 9.53 Å². The Balaban J connectivity index is 2.04. The first kappa shape index (κ1) is 11.9. The number of hydrogen-bond acceptors (Lipinski definition) is 3. The molecule has 0 radical (unpaired) electrons. The van der Waals surface area contributed by atoms with E-state index in [0.717, 1.165) is 25.3 Å². The molecular formula is C12H22N2O2. The zero-order valence-electron chi connectivity index (χ0n) is 10.0. The van der Waals surface area contributed by atoms with E-state index < -0.39 is 6.10 Å². The average Bonchev–Trinajstić information content (AvgIpc) is 2.78. The highest BCUT2D eigenvalue weighted by molar-refractivity contribution is 5.81. The van der Waals surface area contributed by atoms with E-state index in [9.17, 15) is 4.79 Å². The minimum atomic E-state index is -0.445. The van der Waals surface area contributed by atoms with Gasteiger partial charge in [-0.1, -0.05) is 6.42 Å². The molecule has 0 aromatic carbocycles. The Morgan fingerprint density at radius 3 is 2.88 bits per heavy atom. The minimum Gasteiger partial charge on any atom is -0.370 e. The van der Waals surface area contributed by atoms with Crippen molar-refractivity contribution in [1.82, 2.24) is 4.90 Å². The van der Waals surface area contributed by atoms with Crippen molar-refractivity contribution < 1.29 is 9.53 Å². The average molecular weight is 226 g/mol. The van der Waals surface area contributed by atoms with Crippen LogP contribution >= 0.6 is 0 Å². The van der Waals surface area contributed by atoms with Gasteiger partial charge in [-0.2, -0.15) is 0 Å². The number of carbonyl (C=O) groups is 1. The quantitative estimate of drug-likeness (QED) is 0.772. The molecule has 4 heteroatoms. The van der Waals surface area contributed by atoms with Crippen molar-refractivity contribution in [3.8, 4) is 0 Å². The second kappa shape index (κ2) is 5.15. The number of rotatable bonds is 3. The first-order valence-corrected chi connectivity index (χ1v) is 6.31. The fourth-order valence-corrected chi connectivity index (χ4v) is 3.21. The van der Waals surface area contributed by atoms with E-state index in [1.165, 1.54) is 19.3 Å². The molecular weight excluding hydrogens is 204 g/mol. The lowest BCUT2D eigenvalue weighted by Gasteiger charge is -2.39. The van der Waals surface area contributed by atoms with E-state index in [4.69, 9.17) is 10.5 Å². The number of piperidine rings is 1. The van der Waals surface area contributed by atoms with Crippen LogP contribution in [0.15, 0.2) is 0 Å². The summed E-state index contributed by atoms with van der Waals surface area (Å²) in [5.41, 5.74) is 5.56. The molecule has 1 saturated heterocycles. The number of nitrogens with two attached hydrogens (primary N) is 1. The van der Waals surface area contributed by atoms with Gasteiger partial charge in [-0.05, 0) is 31.6 Å². The van der Waals surface area contributed by atoms with Gasteiger partial charge in [-0.15, -0.1) is 0 Å². The van der Waals surface area contributed by atoms with Gasteiger partial charge in [0, 0.05) is 26.2 Å². The van der Waals surface area contributed by atoms with Gasteiger partial charge in [0.05, 0.1) is 0 Å². The summed E-state index contributed by atoms with van der Waals surface area (Å²) in [6.07, 6.45) is 5.69. The van der Waals surface area contributed by atoms with Gasteiger partial charge < -0.3 is 15.4 Å². The van der Waals surface area contributed by atoms with E-state index in [2.05, 4.69) is 0 Å². The first-order chi connectivity index (χ1) is 7.77. The number of hydrogen-bond donors (Lipinski definition) is 1. The van der Waals surface area contributed by atoms with Crippen molar-refractivity contribution in [2.24, 2.45) is 11.7 Å². The Morgan fingerprint density at radius 1 is 1.44 bits per heavy atom. The van der Waals surface area contributed by atoms with Crippen LogP contribution in [0.3, 0.4) is 0 Å². The zero-order chi connectivity index (χ0) is 11.5. The van der Waals surface area contributed by atoms with E-state index in [1.54, 1.807) is 7.11 Å². The molecule has 0 spiro atoms. The molecule has 1 amide bonds. The number of amides is 1. The molecule has 0 aromatic heterocycles. The Labute approximate surface area is 97.1 Å². The Morgan fingerprint density at radius 2 is 2.19 bits per heavy atom. The lowest BCUT2D eigenvalue weighted by molar-refractivity contribution is -0.146. The zero-order valence-corrected chi connectivity index (χ0v) is 10.0. The van der Waals surface area contributed by atoms with Crippen LogP contribution in [0, 0.1) is 5.92 Å². The minimum absolute atomic E-state index is 0.0987. The maximum atomic E-state index is 12.2. The van der Waals surface area contributed by atoms with Gasteiger partial charge in [0.1, 0.15) is 6.10 Å². The van der Waals surface area contributed by atoms with Gasteiger partial charge in [0.2, 0.25) is 0 Å². The third kappa shape index (κ3) is 2.09. The number of methoxy groups -OCH3 is 1. The predicted octanol–water partition coefficient (Wildman–Crippen LogP) is 0.751. The molecule has 1 aliphatic heterocycles. The fourth-order valence-electron chi connectivity index (χ4n) is 3.21. The Hall–Kier alpha value is -0.610. The monoisotopic (exact) mass is 226 g/mol. The van der Waals surface area contributed by atoms with Crippen molar-refractivity contribution in [3.63, 3.8) is 0 Å². The summed E-state index contributed by atoms with van der Waals surface area (Å²) >= 11 is 0. The molecule has 3 unspecified atom stereocenters. The molecule has 16 heavy (non-hydrogen) atoms. The number of fused-ring (bicyclic) bond motifs is 1. The van der Waals surface area contributed by atoms with Crippen LogP contribution < -0.4 is 5.73 Å². The van der Waals surface area contributed by atoms with E-state index >= 15 is 0 Å². The molecule has 3 atom stereocenters. The van der Waals surface area contributed by atoms with Gasteiger partial charge in [0.15, 0.2) is 0 Å². The third-order valence-corrected chi connectivity index (χ3v) is 4.05. The van der Waals surface area contributed by atoms with Crippen LogP contribution in [0.5, 0.6) is 0 Å². The summed E-state index contributed by atoms with van der Waals surface area (Å²) in [5, 5.41) is 0. The highest BCUT2D eigenvalue weighted by Gasteiger charge is 2.38. The van der Waals surface area contributed by atoms with Crippen molar-refractivity contribution in [2.75, 3.05) is 20.2 Å². The molecule has 2 rings (SSSR count). The molecule has 2 N–H and O–H groups in total. The van der Waals surface area contributed by atoms with Crippen molar-refractivity contribution in [2.45, 2.75) is 44.2 Å². The van der Waals surface area contributed by atoms with Crippen molar-refractivity contribution in [3.05, 3.63) is 0 Å². The largest absolute Gasteiger partial charge is 0.370 e. The van der Waals surface area contributed by atoms with Crippen molar-refractivity contribution in [1.29, 1.82) is 0 Å². The van der Waals surface area contributed by atoms with Crippen LogP contribution in [0.2, 0.25) is 0 Å². The lowest BCUT2D eigenvalue weighted by Crippen LogP contribution is -2.52. The summed E-state index contributed by atoms with van der Waals surface area (Å²) in [6.45, 7) is 1.17. The van der Waals surface area contributed by atoms with Gasteiger partial charge in [-0.25, -0.2) is 0 Å². The highest BCUT2D eigenvalue weighted by atomic mass is 16.5. The second-order valence-electron chi connectivity index (χ2n) is 4.89. The number of ether oxygens (including phenoxy) is 1. The van der Waals surface area contributed by atoms with Crippen molar-refractivity contribution >= 4 is 5.91 Å². The summed E-state index contributed by atoms with van der Waals surface area (Å²) in [5.74, 6) is 0.828. The summed E-state index contributed by atoms with van der Waals surface area (Å²) < 4.78 is 5.15. The molecule has 4 nitrogen and oxygen atoms in total. The molecule has 0 bridgehead atoms. The van der Waals surface area contributed by atoms with Crippen LogP contribution in [-0.4, -0.2) is 43.2 Å². The topological polar surface area (TPSA) is 55.6 Å². The predicted molar refractivity (Wildman–Crippen MR) is 61.9 cm³/mol. The molecule has 92 valence electrons. The van der Waals surface area contributed by atoms with Gasteiger partial charge >= 0.3 is 0 Å².